The average Bonchev–Trinajstić information content (AvgIpc) is 1.56. The van der Waals surface area contributed by atoms with Crippen LogP contribution in [-0.4, -0.2) is 12.2 Å². The molecule has 0 spiro atoms. The van der Waals surface area contributed by atoms with E-state index in [2.05, 4.69) is 5.84 Å². The minimum atomic E-state index is -4.85. The van der Waals surface area contributed by atoms with Gasteiger partial charge in [-0.25, -0.2) is 5.43 Å². The first-order valence-corrected chi connectivity index (χ1v) is 1.72. The van der Waals surface area contributed by atoms with E-state index < -0.39 is 19.1 Å². The largest absolute Gasteiger partial charge is 0.404 e. The van der Waals surface area contributed by atoms with Crippen molar-refractivity contribution >= 4 is 0 Å². The average molecular weight is 131 g/mol. The van der Waals surface area contributed by atoms with E-state index in [0.717, 1.165) is 0 Å². The summed E-state index contributed by atoms with van der Waals surface area (Å²) in [5.74, 6) is 4.42. The summed E-state index contributed by atoms with van der Waals surface area (Å²) in [6.07, 6.45) is -4.85. The molecule has 50 valence electrons. The fraction of sp³-hybridized carbons (Fsp3) is 1.00. The van der Waals surface area contributed by atoms with E-state index in [0.29, 0.717) is 0 Å². The Morgan fingerprint density at radius 2 is 2.25 bits per heavy atom. The zero-order chi connectivity index (χ0) is 9.28. The van der Waals surface area contributed by atoms with Crippen molar-refractivity contribution in [3.8, 4) is 0 Å². The minimum Gasteiger partial charge on any atom is -0.271 e. The molecule has 0 bridgehead atoms. The lowest BCUT2D eigenvalue weighted by atomic mass is 10.4. The fourth-order valence-electron chi connectivity index (χ4n) is 0.0945. The van der Waals surface area contributed by atoms with Crippen LogP contribution in [0, 0.1) is 0 Å². The highest BCUT2D eigenvalue weighted by atomic mass is 19.4. The molecule has 0 aliphatic carbocycles. The van der Waals surface area contributed by atoms with Gasteiger partial charge in [-0.15, -0.1) is 0 Å². The Hall–Kier alpha value is -0.290. The second-order valence-corrected chi connectivity index (χ2v) is 1.14. The standard InChI is InChI=1S/C3H7F3N2/c1-2(8-7)3(4,5)6/h2,8H,7H2,1H3/i1D3. The zero-order valence-electron chi connectivity index (χ0n) is 6.79. The predicted octanol–water partition coefficient (Wildman–Crippen LogP) is 0.401. The van der Waals surface area contributed by atoms with Crippen molar-refractivity contribution in [2.45, 2.75) is 19.1 Å². The van der Waals surface area contributed by atoms with Crippen molar-refractivity contribution in [2.24, 2.45) is 5.84 Å². The van der Waals surface area contributed by atoms with Gasteiger partial charge in [0.2, 0.25) is 0 Å². The molecule has 0 saturated carbocycles. The molecule has 1 atom stereocenters. The maximum absolute atomic E-state index is 11.7. The molecular weight excluding hydrogens is 121 g/mol. The van der Waals surface area contributed by atoms with Crippen molar-refractivity contribution in [1.29, 1.82) is 0 Å². The number of nitrogens with two attached hydrogens (primary N) is 1. The van der Waals surface area contributed by atoms with Crippen LogP contribution in [0.4, 0.5) is 13.2 Å². The Kier molecular flexibility index (Phi) is 1.07. The van der Waals surface area contributed by atoms with Gasteiger partial charge in [0.15, 0.2) is 0 Å². The second-order valence-electron chi connectivity index (χ2n) is 1.14. The van der Waals surface area contributed by atoms with Crippen LogP contribution in [0.1, 0.15) is 11.0 Å². The highest BCUT2D eigenvalue weighted by Gasteiger charge is 2.34. The molecule has 0 amide bonds. The Bertz CT molecular complexity index is 117. The van der Waals surface area contributed by atoms with E-state index >= 15 is 0 Å². The van der Waals surface area contributed by atoms with E-state index in [1.54, 1.807) is 0 Å². The second kappa shape index (κ2) is 2.32. The molecule has 0 aromatic rings. The first kappa shape index (κ1) is 3.68. The molecule has 0 radical (unpaired) electrons. The molecular formula is C3H7F3N2. The number of alkyl halides is 3. The monoisotopic (exact) mass is 131 g/mol. The number of hydrazine groups is 1. The number of rotatable bonds is 1. The number of hydrogen-bond donors (Lipinski definition) is 2. The molecule has 0 heterocycles. The topological polar surface area (TPSA) is 38.0 Å². The molecule has 0 fully saturated rings. The van der Waals surface area contributed by atoms with Gasteiger partial charge in [-0.2, -0.15) is 13.2 Å². The van der Waals surface area contributed by atoms with Gasteiger partial charge in [-0.05, 0) is 6.85 Å². The number of hydrogen-bond acceptors (Lipinski definition) is 2. The Labute approximate surface area is 49.0 Å². The van der Waals surface area contributed by atoms with Gasteiger partial charge in [0, 0.05) is 4.11 Å². The van der Waals surface area contributed by atoms with Crippen LogP contribution in [0.25, 0.3) is 0 Å². The first-order chi connectivity index (χ1) is 4.69. The predicted molar refractivity (Wildman–Crippen MR) is 22.8 cm³/mol. The van der Waals surface area contributed by atoms with Crippen LogP contribution < -0.4 is 11.3 Å². The summed E-state index contributed by atoms with van der Waals surface area (Å²) in [7, 11) is 0. The van der Waals surface area contributed by atoms with Crippen LogP contribution in [0.2, 0.25) is 0 Å². The van der Waals surface area contributed by atoms with Crippen molar-refractivity contribution in [3.05, 3.63) is 0 Å². The third-order valence-electron chi connectivity index (χ3n) is 0.494. The zero-order valence-corrected chi connectivity index (χ0v) is 3.79. The normalized spacial score (nSPS) is 23.2. The van der Waals surface area contributed by atoms with E-state index in [9.17, 15) is 13.2 Å². The molecule has 8 heavy (non-hydrogen) atoms. The smallest absolute Gasteiger partial charge is 0.271 e. The third-order valence-corrected chi connectivity index (χ3v) is 0.494. The maximum Gasteiger partial charge on any atom is 0.404 e. The van der Waals surface area contributed by atoms with Crippen LogP contribution in [-0.2, 0) is 0 Å². The molecule has 5 heteroatoms. The minimum absolute atomic E-state index is 1.19. The first-order valence-electron chi connectivity index (χ1n) is 3.22. The highest BCUT2D eigenvalue weighted by Crippen LogP contribution is 2.18. The molecule has 1 unspecified atom stereocenters. The van der Waals surface area contributed by atoms with Crippen molar-refractivity contribution in [2.75, 3.05) is 0 Å². The molecule has 2 nitrogen and oxygen atoms in total. The van der Waals surface area contributed by atoms with Crippen LogP contribution in [0.5, 0.6) is 0 Å². The fourth-order valence-corrected chi connectivity index (χ4v) is 0.0945. The van der Waals surface area contributed by atoms with Crippen molar-refractivity contribution in [1.82, 2.24) is 5.43 Å². The highest BCUT2D eigenvalue weighted by molar-refractivity contribution is 4.64. The summed E-state index contributed by atoms with van der Waals surface area (Å²) in [6, 6.07) is -2.66. The molecule has 0 aromatic heterocycles. The van der Waals surface area contributed by atoms with E-state index in [1.807, 2.05) is 0 Å². The van der Waals surface area contributed by atoms with Gasteiger partial charge in [-0.1, -0.05) is 0 Å². The summed E-state index contributed by atoms with van der Waals surface area (Å²) < 4.78 is 54.4. The van der Waals surface area contributed by atoms with Crippen molar-refractivity contribution in [3.63, 3.8) is 0 Å². The van der Waals surface area contributed by atoms with Gasteiger partial charge >= 0.3 is 6.18 Å². The molecule has 0 saturated heterocycles. The molecule has 0 aromatic carbocycles. The van der Waals surface area contributed by atoms with Gasteiger partial charge in [0.25, 0.3) is 0 Å². The lowest BCUT2D eigenvalue weighted by molar-refractivity contribution is -0.151. The number of nitrogens with one attached hydrogen (secondary N) is 1. The SMILES string of the molecule is [2H]C([2H])([2H])C(NN)C(F)(F)F. The van der Waals surface area contributed by atoms with E-state index in [4.69, 9.17) is 4.11 Å². The van der Waals surface area contributed by atoms with E-state index in [-0.39, 0.29) is 0 Å². The van der Waals surface area contributed by atoms with Gasteiger partial charge in [0.1, 0.15) is 6.04 Å². The Morgan fingerprint density at radius 1 is 1.75 bits per heavy atom. The molecule has 0 aliphatic rings. The maximum atomic E-state index is 11.7. The summed E-state index contributed by atoms with van der Waals surface area (Å²) in [6.45, 7) is -3.16. The number of halogens is 3. The van der Waals surface area contributed by atoms with E-state index in [1.165, 1.54) is 5.43 Å². The van der Waals surface area contributed by atoms with Gasteiger partial charge < -0.3 is 0 Å². The van der Waals surface area contributed by atoms with Crippen molar-refractivity contribution < 1.29 is 17.3 Å². The summed E-state index contributed by atoms with van der Waals surface area (Å²) in [4.78, 5) is 0. The van der Waals surface area contributed by atoms with Gasteiger partial charge in [-0.3, -0.25) is 5.84 Å². The molecule has 3 N–H and O–H groups in total. The van der Waals surface area contributed by atoms with Crippen LogP contribution >= 0.6 is 0 Å². The Morgan fingerprint density at radius 3 is 2.25 bits per heavy atom. The molecule has 0 aliphatic heterocycles. The lowest BCUT2D eigenvalue weighted by Gasteiger charge is -2.12. The third kappa shape index (κ3) is 2.13. The molecule has 0 rings (SSSR count). The van der Waals surface area contributed by atoms with Gasteiger partial charge in [0.05, 0.1) is 0 Å². The van der Waals surface area contributed by atoms with Crippen LogP contribution in [0.15, 0.2) is 0 Å². The summed E-state index contributed by atoms with van der Waals surface area (Å²) in [5, 5.41) is 0. The van der Waals surface area contributed by atoms with Crippen LogP contribution in [0.3, 0.4) is 0 Å². The summed E-state index contributed by atoms with van der Waals surface area (Å²) >= 11 is 0. The summed E-state index contributed by atoms with van der Waals surface area (Å²) in [5.41, 5.74) is 1.19. The quantitative estimate of drug-likeness (QED) is 0.399. The Balaban J connectivity index is 4.43. The lowest BCUT2D eigenvalue weighted by Crippen LogP contribution is -2.43.